The molecule has 0 N–H and O–H groups in total. The minimum Gasteiger partial charge on any atom is -0.348 e. The Hall–Kier alpha value is -0.900. The van der Waals surface area contributed by atoms with Crippen molar-refractivity contribution in [2.75, 3.05) is 13.1 Å². The van der Waals surface area contributed by atoms with E-state index in [1.54, 1.807) is 13.3 Å². The average Bonchev–Trinajstić information content (AvgIpc) is 2.56. The molecular formula is C8H14N2O2. The van der Waals surface area contributed by atoms with E-state index < -0.39 is 0 Å². The van der Waals surface area contributed by atoms with Crippen molar-refractivity contribution in [3.8, 4) is 0 Å². The van der Waals surface area contributed by atoms with Crippen LogP contribution in [0.4, 0.5) is 0 Å². The summed E-state index contributed by atoms with van der Waals surface area (Å²) in [5.41, 5.74) is 0. The van der Waals surface area contributed by atoms with E-state index in [-0.39, 0.29) is 12.3 Å². The molecule has 0 radical (unpaired) electrons. The molecule has 0 spiro atoms. The molecule has 2 atom stereocenters. The highest BCUT2D eigenvalue weighted by molar-refractivity contribution is 5.57. The van der Waals surface area contributed by atoms with Crippen molar-refractivity contribution < 1.29 is 9.53 Å². The van der Waals surface area contributed by atoms with Crippen molar-refractivity contribution in [2.45, 2.75) is 26.2 Å². The van der Waals surface area contributed by atoms with Gasteiger partial charge >= 0.3 is 0 Å². The second-order valence-electron chi connectivity index (χ2n) is 2.84. The molecule has 12 heavy (non-hydrogen) atoms. The fourth-order valence-electron chi connectivity index (χ4n) is 1.09. The first-order valence-electron chi connectivity index (χ1n) is 4.10. The van der Waals surface area contributed by atoms with E-state index in [0.29, 0.717) is 0 Å². The SMILES string of the molecule is CC(C=O)OC(C)N1C=NCC1. The van der Waals surface area contributed by atoms with Gasteiger partial charge in [0, 0.05) is 6.54 Å². The lowest BCUT2D eigenvalue weighted by atomic mass is 10.4. The summed E-state index contributed by atoms with van der Waals surface area (Å²) in [5, 5.41) is 0. The summed E-state index contributed by atoms with van der Waals surface area (Å²) in [6.07, 6.45) is 2.16. The second kappa shape index (κ2) is 4.21. The Morgan fingerprint density at radius 3 is 2.92 bits per heavy atom. The minimum atomic E-state index is -0.339. The molecule has 4 heteroatoms. The summed E-state index contributed by atoms with van der Waals surface area (Å²) in [7, 11) is 0. The lowest BCUT2D eigenvalue weighted by Crippen LogP contribution is -2.35. The normalized spacial score (nSPS) is 21.0. The Kier molecular flexibility index (Phi) is 3.22. The van der Waals surface area contributed by atoms with Gasteiger partial charge in [-0.2, -0.15) is 0 Å². The minimum absolute atomic E-state index is 0.0588. The molecule has 1 aliphatic rings. The number of aldehydes is 1. The van der Waals surface area contributed by atoms with Gasteiger partial charge in [0.05, 0.1) is 12.9 Å². The van der Waals surface area contributed by atoms with Crippen LogP contribution < -0.4 is 0 Å². The van der Waals surface area contributed by atoms with Crippen LogP contribution in [0.25, 0.3) is 0 Å². The monoisotopic (exact) mass is 170 g/mol. The van der Waals surface area contributed by atoms with E-state index in [2.05, 4.69) is 4.99 Å². The van der Waals surface area contributed by atoms with Crippen molar-refractivity contribution in [3.63, 3.8) is 0 Å². The lowest BCUT2D eigenvalue weighted by Gasteiger charge is -2.24. The molecule has 0 fully saturated rings. The van der Waals surface area contributed by atoms with Gasteiger partial charge in [0.1, 0.15) is 18.6 Å². The molecule has 0 bridgehead atoms. The zero-order valence-corrected chi connectivity index (χ0v) is 7.43. The summed E-state index contributed by atoms with van der Waals surface area (Å²) in [6, 6.07) is 0. The third-order valence-corrected chi connectivity index (χ3v) is 1.79. The fourth-order valence-corrected chi connectivity index (χ4v) is 1.09. The third kappa shape index (κ3) is 2.30. The first-order valence-corrected chi connectivity index (χ1v) is 4.10. The Morgan fingerprint density at radius 1 is 1.67 bits per heavy atom. The van der Waals surface area contributed by atoms with E-state index in [9.17, 15) is 4.79 Å². The molecular weight excluding hydrogens is 156 g/mol. The van der Waals surface area contributed by atoms with Crippen molar-refractivity contribution in [2.24, 2.45) is 4.99 Å². The van der Waals surface area contributed by atoms with Crippen molar-refractivity contribution in [1.82, 2.24) is 4.90 Å². The second-order valence-corrected chi connectivity index (χ2v) is 2.84. The molecule has 0 aliphatic carbocycles. The quantitative estimate of drug-likeness (QED) is 0.569. The predicted molar refractivity (Wildman–Crippen MR) is 46.1 cm³/mol. The van der Waals surface area contributed by atoms with Crippen LogP contribution in [-0.4, -0.2) is 42.9 Å². The molecule has 1 aliphatic heterocycles. The van der Waals surface area contributed by atoms with Gasteiger partial charge in [-0.25, -0.2) is 0 Å². The first-order chi connectivity index (χ1) is 5.74. The van der Waals surface area contributed by atoms with Crippen molar-refractivity contribution >= 4 is 12.6 Å². The van der Waals surface area contributed by atoms with Crippen LogP contribution in [0.1, 0.15) is 13.8 Å². The first kappa shape index (κ1) is 9.19. The van der Waals surface area contributed by atoms with Gasteiger partial charge in [-0.1, -0.05) is 0 Å². The van der Waals surface area contributed by atoms with Gasteiger partial charge in [-0.15, -0.1) is 0 Å². The number of carbonyl (C=O) groups excluding carboxylic acids is 1. The molecule has 0 saturated heterocycles. The Balaban J connectivity index is 2.31. The van der Waals surface area contributed by atoms with E-state index in [0.717, 1.165) is 19.4 Å². The number of hydrogen-bond donors (Lipinski definition) is 0. The highest BCUT2D eigenvalue weighted by atomic mass is 16.5. The number of aliphatic imine (C=N–C) groups is 1. The molecule has 0 aromatic rings. The summed E-state index contributed by atoms with van der Waals surface area (Å²) < 4.78 is 5.35. The van der Waals surface area contributed by atoms with Crippen LogP contribution in [0.15, 0.2) is 4.99 Å². The number of rotatable bonds is 4. The molecule has 2 unspecified atom stereocenters. The Morgan fingerprint density at radius 2 is 2.42 bits per heavy atom. The predicted octanol–water partition coefficient (Wildman–Crippen LogP) is 0.280. The van der Waals surface area contributed by atoms with Crippen LogP contribution in [0.2, 0.25) is 0 Å². The van der Waals surface area contributed by atoms with Crippen LogP contribution in [0.3, 0.4) is 0 Å². The maximum Gasteiger partial charge on any atom is 0.148 e. The molecule has 1 heterocycles. The van der Waals surface area contributed by atoms with Gasteiger partial charge in [-0.05, 0) is 13.8 Å². The highest BCUT2D eigenvalue weighted by Gasteiger charge is 2.15. The van der Waals surface area contributed by atoms with Gasteiger partial charge in [0.15, 0.2) is 0 Å². The standard InChI is InChI=1S/C8H14N2O2/c1-7(5-11)12-8(2)10-4-3-9-6-10/h5-8H,3-4H2,1-2H3. The lowest BCUT2D eigenvalue weighted by molar-refractivity contribution is -0.124. The van der Waals surface area contributed by atoms with Gasteiger partial charge in [-0.3, -0.25) is 4.99 Å². The smallest absolute Gasteiger partial charge is 0.148 e. The summed E-state index contributed by atoms with van der Waals surface area (Å²) in [6.45, 7) is 5.35. The van der Waals surface area contributed by atoms with Crippen molar-refractivity contribution in [1.29, 1.82) is 0 Å². The fraction of sp³-hybridized carbons (Fsp3) is 0.750. The highest BCUT2D eigenvalue weighted by Crippen LogP contribution is 2.04. The number of ether oxygens (including phenoxy) is 1. The molecule has 4 nitrogen and oxygen atoms in total. The largest absolute Gasteiger partial charge is 0.348 e. The third-order valence-electron chi connectivity index (χ3n) is 1.79. The Labute approximate surface area is 72.2 Å². The number of nitrogens with zero attached hydrogens (tertiary/aromatic N) is 2. The zero-order chi connectivity index (χ0) is 8.97. The summed E-state index contributed by atoms with van der Waals surface area (Å²) in [4.78, 5) is 16.3. The van der Waals surface area contributed by atoms with Crippen LogP contribution in [0, 0.1) is 0 Å². The van der Waals surface area contributed by atoms with E-state index in [4.69, 9.17) is 4.74 Å². The van der Waals surface area contributed by atoms with Crippen LogP contribution in [-0.2, 0) is 9.53 Å². The van der Waals surface area contributed by atoms with Gasteiger partial charge < -0.3 is 14.4 Å². The molecule has 68 valence electrons. The molecule has 0 aromatic heterocycles. The molecule has 0 aromatic carbocycles. The van der Waals surface area contributed by atoms with E-state index in [1.165, 1.54) is 0 Å². The zero-order valence-electron chi connectivity index (χ0n) is 7.43. The van der Waals surface area contributed by atoms with E-state index in [1.807, 2.05) is 11.8 Å². The van der Waals surface area contributed by atoms with Gasteiger partial charge in [0.2, 0.25) is 0 Å². The maximum atomic E-state index is 10.3. The number of carbonyl (C=O) groups is 1. The molecule has 0 saturated carbocycles. The van der Waals surface area contributed by atoms with Crippen LogP contribution in [0.5, 0.6) is 0 Å². The average molecular weight is 170 g/mol. The van der Waals surface area contributed by atoms with Crippen LogP contribution >= 0.6 is 0 Å². The summed E-state index contributed by atoms with van der Waals surface area (Å²) >= 11 is 0. The maximum absolute atomic E-state index is 10.3. The molecule has 1 rings (SSSR count). The van der Waals surface area contributed by atoms with Crippen molar-refractivity contribution in [3.05, 3.63) is 0 Å². The topological polar surface area (TPSA) is 41.9 Å². The molecule has 0 amide bonds. The van der Waals surface area contributed by atoms with E-state index >= 15 is 0 Å². The summed E-state index contributed by atoms with van der Waals surface area (Å²) in [5.74, 6) is 0. The van der Waals surface area contributed by atoms with Gasteiger partial charge in [0.25, 0.3) is 0 Å². The number of hydrogen-bond acceptors (Lipinski definition) is 4. The Bertz CT molecular complexity index is 182.